The van der Waals surface area contributed by atoms with E-state index < -0.39 is 9.84 Å². The third kappa shape index (κ3) is 4.29. The summed E-state index contributed by atoms with van der Waals surface area (Å²) in [7, 11) is -2.93. The summed E-state index contributed by atoms with van der Waals surface area (Å²) in [6.07, 6.45) is 4.67. The number of pyridine rings is 1. The molecule has 1 aromatic heterocycles. The molecule has 0 aliphatic heterocycles. The van der Waals surface area contributed by atoms with E-state index in [1.807, 2.05) is 19.9 Å². The van der Waals surface area contributed by atoms with Crippen molar-refractivity contribution in [3.63, 3.8) is 0 Å². The third-order valence-corrected chi connectivity index (χ3v) is 3.08. The van der Waals surface area contributed by atoms with E-state index in [-0.39, 0.29) is 11.8 Å². The van der Waals surface area contributed by atoms with E-state index in [0.29, 0.717) is 0 Å². The van der Waals surface area contributed by atoms with E-state index in [0.717, 1.165) is 11.3 Å². The SMILES string of the molecule is Cc1cnccc1NC(C)CS(C)(=O)=O. The average molecular weight is 228 g/mol. The van der Waals surface area contributed by atoms with Crippen molar-refractivity contribution in [3.05, 3.63) is 24.0 Å². The Hall–Kier alpha value is -1.10. The van der Waals surface area contributed by atoms with Gasteiger partial charge < -0.3 is 5.32 Å². The number of nitrogens with zero attached hydrogens (tertiary/aromatic N) is 1. The Morgan fingerprint density at radius 3 is 2.73 bits per heavy atom. The lowest BCUT2D eigenvalue weighted by Crippen LogP contribution is -2.25. The summed E-state index contributed by atoms with van der Waals surface area (Å²) in [4.78, 5) is 3.97. The normalized spacial score (nSPS) is 13.5. The van der Waals surface area contributed by atoms with Crippen LogP contribution in [0.15, 0.2) is 18.5 Å². The molecule has 0 fully saturated rings. The van der Waals surface area contributed by atoms with Crippen molar-refractivity contribution in [3.8, 4) is 0 Å². The van der Waals surface area contributed by atoms with Crippen molar-refractivity contribution in [2.75, 3.05) is 17.3 Å². The summed E-state index contributed by atoms with van der Waals surface area (Å²) in [5, 5.41) is 3.15. The number of sulfone groups is 1. The predicted octanol–water partition coefficient (Wildman–Crippen LogP) is 1.24. The van der Waals surface area contributed by atoms with Gasteiger partial charge in [-0.05, 0) is 25.5 Å². The largest absolute Gasteiger partial charge is 0.381 e. The number of anilines is 1. The van der Waals surface area contributed by atoms with E-state index >= 15 is 0 Å². The highest BCUT2D eigenvalue weighted by Gasteiger charge is 2.10. The molecular weight excluding hydrogens is 212 g/mol. The van der Waals surface area contributed by atoms with Gasteiger partial charge in [-0.3, -0.25) is 4.98 Å². The Bertz CT molecular complexity index is 429. The van der Waals surface area contributed by atoms with Gasteiger partial charge in [-0.2, -0.15) is 0 Å². The van der Waals surface area contributed by atoms with E-state index in [4.69, 9.17) is 0 Å². The van der Waals surface area contributed by atoms with Crippen molar-refractivity contribution >= 4 is 15.5 Å². The lowest BCUT2D eigenvalue weighted by molar-refractivity contribution is 0.598. The second kappa shape index (κ2) is 4.61. The molecule has 1 heterocycles. The lowest BCUT2D eigenvalue weighted by Gasteiger charge is -2.15. The van der Waals surface area contributed by atoms with Crippen molar-refractivity contribution in [2.24, 2.45) is 0 Å². The Morgan fingerprint density at radius 1 is 1.53 bits per heavy atom. The van der Waals surface area contributed by atoms with Gasteiger partial charge in [0, 0.05) is 30.4 Å². The number of rotatable bonds is 4. The van der Waals surface area contributed by atoms with Crippen LogP contribution in [0.25, 0.3) is 0 Å². The predicted molar refractivity (Wildman–Crippen MR) is 61.8 cm³/mol. The first-order valence-corrected chi connectivity index (χ1v) is 6.79. The van der Waals surface area contributed by atoms with Crippen LogP contribution in [0, 0.1) is 6.92 Å². The molecular formula is C10H16N2O2S. The van der Waals surface area contributed by atoms with Crippen molar-refractivity contribution in [1.82, 2.24) is 4.98 Å². The summed E-state index contributed by atoms with van der Waals surface area (Å²) in [5.41, 5.74) is 1.94. The first-order chi connectivity index (χ1) is 6.88. The highest BCUT2D eigenvalue weighted by Crippen LogP contribution is 2.13. The molecule has 0 aliphatic carbocycles. The van der Waals surface area contributed by atoms with Gasteiger partial charge in [0.2, 0.25) is 0 Å². The summed E-state index contributed by atoms with van der Waals surface area (Å²) < 4.78 is 22.1. The maximum absolute atomic E-state index is 11.1. The van der Waals surface area contributed by atoms with Gasteiger partial charge in [0.25, 0.3) is 0 Å². The smallest absolute Gasteiger partial charge is 0.149 e. The Labute approximate surface area is 90.7 Å². The molecule has 0 aliphatic rings. The van der Waals surface area contributed by atoms with Gasteiger partial charge >= 0.3 is 0 Å². The molecule has 1 atom stereocenters. The molecule has 0 saturated carbocycles. The fraction of sp³-hybridized carbons (Fsp3) is 0.500. The van der Waals surface area contributed by atoms with Gasteiger partial charge in [-0.25, -0.2) is 8.42 Å². The minimum Gasteiger partial charge on any atom is -0.381 e. The molecule has 0 aromatic carbocycles. The third-order valence-electron chi connectivity index (χ3n) is 1.97. The zero-order valence-electron chi connectivity index (χ0n) is 9.19. The minimum absolute atomic E-state index is 0.0962. The van der Waals surface area contributed by atoms with Crippen LogP contribution >= 0.6 is 0 Å². The zero-order chi connectivity index (χ0) is 11.5. The van der Waals surface area contributed by atoms with Crippen molar-refractivity contribution in [1.29, 1.82) is 0 Å². The van der Waals surface area contributed by atoms with E-state index in [1.165, 1.54) is 6.26 Å². The number of nitrogens with one attached hydrogen (secondary N) is 1. The molecule has 1 N–H and O–H groups in total. The van der Waals surface area contributed by atoms with Gasteiger partial charge in [0.15, 0.2) is 0 Å². The molecule has 1 aromatic rings. The van der Waals surface area contributed by atoms with Crippen LogP contribution in [0.4, 0.5) is 5.69 Å². The van der Waals surface area contributed by atoms with E-state index in [1.54, 1.807) is 12.4 Å². The summed E-state index contributed by atoms with van der Waals surface area (Å²) >= 11 is 0. The van der Waals surface area contributed by atoms with Crippen LogP contribution in [-0.4, -0.2) is 31.5 Å². The maximum Gasteiger partial charge on any atom is 0.149 e. The van der Waals surface area contributed by atoms with Gasteiger partial charge in [-0.1, -0.05) is 0 Å². The first-order valence-electron chi connectivity index (χ1n) is 4.73. The van der Waals surface area contributed by atoms with Gasteiger partial charge in [-0.15, -0.1) is 0 Å². The van der Waals surface area contributed by atoms with Gasteiger partial charge in [0.05, 0.1) is 5.75 Å². The lowest BCUT2D eigenvalue weighted by atomic mass is 10.2. The molecule has 5 heteroatoms. The van der Waals surface area contributed by atoms with Crippen LogP contribution in [0.1, 0.15) is 12.5 Å². The molecule has 84 valence electrons. The number of hydrogen-bond acceptors (Lipinski definition) is 4. The molecule has 15 heavy (non-hydrogen) atoms. The Balaban J connectivity index is 2.67. The quantitative estimate of drug-likeness (QED) is 0.842. The standard InChI is InChI=1S/C10H16N2O2S/c1-8-6-11-5-4-10(8)12-9(2)7-15(3,13)14/h4-6,9H,7H2,1-3H3,(H,11,12). The van der Waals surface area contributed by atoms with Crippen molar-refractivity contribution < 1.29 is 8.42 Å². The molecule has 0 amide bonds. The monoisotopic (exact) mass is 228 g/mol. The molecule has 1 unspecified atom stereocenters. The first kappa shape index (κ1) is 12.0. The zero-order valence-corrected chi connectivity index (χ0v) is 10.0. The topological polar surface area (TPSA) is 59.1 Å². The summed E-state index contributed by atoms with van der Waals surface area (Å²) in [6.45, 7) is 3.78. The number of aromatic nitrogens is 1. The van der Waals surface area contributed by atoms with Crippen LogP contribution in [-0.2, 0) is 9.84 Å². The fourth-order valence-corrected chi connectivity index (χ4v) is 2.39. The average Bonchev–Trinajstić information content (AvgIpc) is 2.05. The Morgan fingerprint density at radius 2 is 2.20 bits per heavy atom. The highest BCUT2D eigenvalue weighted by atomic mass is 32.2. The minimum atomic E-state index is -2.93. The summed E-state index contributed by atoms with van der Waals surface area (Å²) in [6, 6.07) is 1.75. The van der Waals surface area contributed by atoms with Crippen LogP contribution in [0.5, 0.6) is 0 Å². The van der Waals surface area contributed by atoms with E-state index in [9.17, 15) is 8.42 Å². The second-order valence-corrected chi connectivity index (χ2v) is 6.01. The fourth-order valence-electron chi connectivity index (χ4n) is 1.40. The number of hydrogen-bond donors (Lipinski definition) is 1. The molecule has 0 saturated heterocycles. The maximum atomic E-state index is 11.1. The van der Waals surface area contributed by atoms with Crippen molar-refractivity contribution in [2.45, 2.75) is 19.9 Å². The molecule has 1 rings (SSSR count). The van der Waals surface area contributed by atoms with Crippen LogP contribution in [0.3, 0.4) is 0 Å². The van der Waals surface area contributed by atoms with Crippen LogP contribution in [0.2, 0.25) is 0 Å². The van der Waals surface area contributed by atoms with Gasteiger partial charge in [0.1, 0.15) is 9.84 Å². The number of aryl methyl sites for hydroxylation is 1. The molecule has 0 spiro atoms. The summed E-state index contributed by atoms with van der Waals surface area (Å²) in [5.74, 6) is 0.134. The van der Waals surface area contributed by atoms with E-state index in [2.05, 4.69) is 10.3 Å². The molecule has 0 radical (unpaired) electrons. The Kier molecular flexibility index (Phi) is 3.68. The van der Waals surface area contributed by atoms with Crippen LogP contribution < -0.4 is 5.32 Å². The molecule has 0 bridgehead atoms. The second-order valence-electron chi connectivity index (χ2n) is 3.83. The highest BCUT2D eigenvalue weighted by molar-refractivity contribution is 7.90. The molecule has 4 nitrogen and oxygen atoms in total.